The fraction of sp³-hybridized carbons (Fsp3) is 0.500. The Labute approximate surface area is 113 Å². The van der Waals surface area contributed by atoms with E-state index < -0.39 is 0 Å². The molecule has 1 aromatic rings. The number of amides is 2. The lowest BCUT2D eigenvalue weighted by atomic mass is 10.2. The Hall–Kier alpha value is -1.16. The number of benzene rings is 1. The van der Waals surface area contributed by atoms with Crippen LogP contribution in [0.1, 0.15) is 13.3 Å². The van der Waals surface area contributed by atoms with Crippen molar-refractivity contribution in [2.24, 2.45) is 5.92 Å². The van der Waals surface area contributed by atoms with E-state index in [-0.39, 0.29) is 6.03 Å². The van der Waals surface area contributed by atoms with Crippen LogP contribution in [0.15, 0.2) is 35.2 Å². The summed E-state index contributed by atoms with van der Waals surface area (Å²) in [4.78, 5) is 14.9. The van der Waals surface area contributed by atoms with E-state index in [1.807, 2.05) is 29.7 Å². The zero-order chi connectivity index (χ0) is 12.8. The molecule has 0 saturated carbocycles. The van der Waals surface area contributed by atoms with Gasteiger partial charge < -0.3 is 10.2 Å². The second kappa shape index (κ2) is 6.69. The fourth-order valence-corrected chi connectivity index (χ4v) is 3.20. The monoisotopic (exact) mass is 264 g/mol. The Morgan fingerprint density at radius 3 is 2.94 bits per heavy atom. The van der Waals surface area contributed by atoms with Crippen molar-refractivity contribution in [3.63, 3.8) is 0 Å². The van der Waals surface area contributed by atoms with Crippen LogP contribution in [0.25, 0.3) is 0 Å². The summed E-state index contributed by atoms with van der Waals surface area (Å²) in [5, 5.41) is 2.86. The first-order chi connectivity index (χ1) is 8.79. The summed E-state index contributed by atoms with van der Waals surface area (Å²) >= 11 is 1.89. The molecule has 1 fully saturated rings. The number of thioether (sulfide) groups is 1. The van der Waals surface area contributed by atoms with Crippen molar-refractivity contribution < 1.29 is 4.79 Å². The first kappa shape index (κ1) is 13.3. The maximum Gasteiger partial charge on any atom is 0.317 e. The molecule has 0 unspecified atom stereocenters. The maximum atomic E-state index is 11.7. The Kier molecular flexibility index (Phi) is 4.93. The van der Waals surface area contributed by atoms with Gasteiger partial charge in [-0.05, 0) is 31.4 Å². The molecule has 1 N–H and O–H groups in total. The summed E-state index contributed by atoms with van der Waals surface area (Å²) in [5.74, 6) is 1.72. The molecule has 0 spiro atoms. The standard InChI is InChI=1S/C14H20N2OS/c1-2-15-14(17)16-9-8-12(10-16)11-18-13-6-4-3-5-7-13/h3-7,12H,2,8-11H2,1H3,(H,15,17)/t12-/m0/s1. The topological polar surface area (TPSA) is 32.3 Å². The van der Waals surface area contributed by atoms with Gasteiger partial charge in [0.25, 0.3) is 0 Å². The largest absolute Gasteiger partial charge is 0.338 e. The Morgan fingerprint density at radius 1 is 1.44 bits per heavy atom. The van der Waals surface area contributed by atoms with E-state index >= 15 is 0 Å². The summed E-state index contributed by atoms with van der Waals surface area (Å²) in [6.07, 6.45) is 1.12. The third-order valence-corrected chi connectivity index (χ3v) is 4.37. The molecule has 1 atom stereocenters. The molecule has 0 radical (unpaired) electrons. The van der Waals surface area contributed by atoms with E-state index in [2.05, 4.69) is 29.6 Å². The number of carbonyl (C=O) groups is 1. The molecule has 1 aliphatic heterocycles. The lowest BCUT2D eigenvalue weighted by Gasteiger charge is -2.16. The summed E-state index contributed by atoms with van der Waals surface area (Å²) in [6, 6.07) is 10.5. The lowest BCUT2D eigenvalue weighted by molar-refractivity contribution is 0.208. The van der Waals surface area contributed by atoms with Crippen molar-refractivity contribution in [1.29, 1.82) is 0 Å². The molecule has 4 heteroatoms. The minimum absolute atomic E-state index is 0.0877. The van der Waals surface area contributed by atoms with Gasteiger partial charge in [-0.15, -0.1) is 11.8 Å². The first-order valence-electron chi connectivity index (χ1n) is 6.50. The third kappa shape index (κ3) is 3.67. The molecule has 0 aromatic heterocycles. The SMILES string of the molecule is CCNC(=O)N1CC[C@H](CSc2ccccc2)C1. The second-order valence-corrected chi connectivity index (χ2v) is 5.65. The van der Waals surface area contributed by atoms with E-state index in [1.54, 1.807) is 0 Å². The van der Waals surface area contributed by atoms with E-state index in [0.29, 0.717) is 12.5 Å². The number of nitrogens with one attached hydrogen (secondary N) is 1. The van der Waals surface area contributed by atoms with Crippen LogP contribution in [0.4, 0.5) is 4.79 Å². The van der Waals surface area contributed by atoms with Crippen LogP contribution in [-0.2, 0) is 0 Å². The van der Waals surface area contributed by atoms with E-state index in [4.69, 9.17) is 0 Å². The molecule has 0 aliphatic carbocycles. The van der Waals surface area contributed by atoms with Gasteiger partial charge in [0.15, 0.2) is 0 Å². The molecule has 1 heterocycles. The minimum Gasteiger partial charge on any atom is -0.338 e. The molecule has 3 nitrogen and oxygen atoms in total. The van der Waals surface area contributed by atoms with Crippen molar-refractivity contribution in [1.82, 2.24) is 10.2 Å². The van der Waals surface area contributed by atoms with Gasteiger partial charge >= 0.3 is 6.03 Å². The van der Waals surface area contributed by atoms with Crippen LogP contribution < -0.4 is 5.32 Å². The highest BCUT2D eigenvalue weighted by atomic mass is 32.2. The molecule has 1 aliphatic rings. The van der Waals surface area contributed by atoms with Crippen molar-refractivity contribution in [3.05, 3.63) is 30.3 Å². The van der Waals surface area contributed by atoms with Crippen LogP contribution in [0.5, 0.6) is 0 Å². The lowest BCUT2D eigenvalue weighted by Crippen LogP contribution is -2.38. The van der Waals surface area contributed by atoms with Crippen molar-refractivity contribution in [2.45, 2.75) is 18.2 Å². The molecular weight excluding hydrogens is 244 g/mol. The quantitative estimate of drug-likeness (QED) is 0.848. The molecular formula is C14H20N2OS. The number of nitrogens with zero attached hydrogens (tertiary/aromatic N) is 1. The molecule has 0 bridgehead atoms. The van der Waals surface area contributed by atoms with Gasteiger partial charge in [0.1, 0.15) is 0 Å². The van der Waals surface area contributed by atoms with Gasteiger partial charge in [-0.25, -0.2) is 4.79 Å². The van der Waals surface area contributed by atoms with Gasteiger partial charge in [0.05, 0.1) is 0 Å². The smallest absolute Gasteiger partial charge is 0.317 e. The van der Waals surface area contributed by atoms with Crippen molar-refractivity contribution >= 4 is 17.8 Å². The average molecular weight is 264 g/mol. The predicted molar refractivity (Wildman–Crippen MR) is 75.9 cm³/mol. The van der Waals surface area contributed by atoms with Gasteiger partial charge in [-0.2, -0.15) is 0 Å². The molecule has 98 valence electrons. The summed E-state index contributed by atoms with van der Waals surface area (Å²) in [5.41, 5.74) is 0. The Balaban J connectivity index is 1.74. The number of rotatable bonds is 4. The van der Waals surface area contributed by atoms with Gasteiger partial charge in [-0.1, -0.05) is 18.2 Å². The van der Waals surface area contributed by atoms with Crippen LogP contribution in [-0.4, -0.2) is 36.3 Å². The molecule has 18 heavy (non-hydrogen) atoms. The molecule has 2 amide bonds. The van der Waals surface area contributed by atoms with Gasteiger partial charge in [-0.3, -0.25) is 0 Å². The van der Waals surface area contributed by atoms with E-state index in [9.17, 15) is 4.79 Å². The second-order valence-electron chi connectivity index (χ2n) is 4.56. The number of urea groups is 1. The van der Waals surface area contributed by atoms with Gasteiger partial charge in [0.2, 0.25) is 0 Å². The summed E-state index contributed by atoms with van der Waals surface area (Å²) < 4.78 is 0. The normalized spacial score (nSPS) is 18.9. The van der Waals surface area contributed by atoms with Crippen LogP contribution in [0.3, 0.4) is 0 Å². The predicted octanol–water partition coefficient (Wildman–Crippen LogP) is 2.83. The number of carbonyl (C=O) groups excluding carboxylic acids is 1. The molecule has 2 rings (SSSR count). The van der Waals surface area contributed by atoms with Crippen molar-refractivity contribution in [2.75, 3.05) is 25.4 Å². The zero-order valence-corrected chi connectivity index (χ0v) is 11.6. The first-order valence-corrected chi connectivity index (χ1v) is 7.48. The van der Waals surface area contributed by atoms with Crippen molar-refractivity contribution in [3.8, 4) is 0 Å². The van der Waals surface area contributed by atoms with Crippen LogP contribution in [0, 0.1) is 5.92 Å². The number of hydrogen-bond donors (Lipinski definition) is 1. The third-order valence-electron chi connectivity index (χ3n) is 3.13. The number of likely N-dealkylation sites (tertiary alicyclic amines) is 1. The number of hydrogen-bond acceptors (Lipinski definition) is 2. The molecule has 1 saturated heterocycles. The highest BCUT2D eigenvalue weighted by Gasteiger charge is 2.25. The maximum absolute atomic E-state index is 11.7. The van der Waals surface area contributed by atoms with E-state index in [0.717, 1.165) is 25.3 Å². The average Bonchev–Trinajstić information content (AvgIpc) is 2.87. The highest BCUT2D eigenvalue weighted by molar-refractivity contribution is 7.99. The van der Waals surface area contributed by atoms with Gasteiger partial charge in [0, 0.05) is 30.3 Å². The Morgan fingerprint density at radius 2 is 2.22 bits per heavy atom. The van der Waals surface area contributed by atoms with E-state index in [1.165, 1.54) is 4.90 Å². The highest BCUT2D eigenvalue weighted by Crippen LogP contribution is 2.25. The fourth-order valence-electron chi connectivity index (χ4n) is 2.15. The Bertz CT molecular complexity index is 383. The van der Waals surface area contributed by atoms with Crippen LogP contribution >= 0.6 is 11.8 Å². The summed E-state index contributed by atoms with van der Waals surface area (Å²) in [7, 11) is 0. The molecule has 1 aromatic carbocycles. The minimum atomic E-state index is 0.0877. The van der Waals surface area contributed by atoms with Crippen LogP contribution in [0.2, 0.25) is 0 Å². The summed E-state index contributed by atoms with van der Waals surface area (Å²) in [6.45, 7) is 4.45. The zero-order valence-electron chi connectivity index (χ0n) is 10.8.